The van der Waals surface area contributed by atoms with Gasteiger partial charge in [0, 0.05) is 19.3 Å². The molecular weight excluding hydrogens is 264 g/mol. The van der Waals surface area contributed by atoms with Crippen LogP contribution < -0.4 is 11.1 Å². The third kappa shape index (κ3) is 4.61. The summed E-state index contributed by atoms with van der Waals surface area (Å²) in [6.45, 7) is 1.04. The number of methoxy groups -OCH3 is 1. The zero-order valence-corrected chi connectivity index (χ0v) is 12.1. The number of carbonyl (C=O) groups excluding carboxylic acids is 1. The summed E-state index contributed by atoms with van der Waals surface area (Å²) in [5, 5.41) is 2.93. The Bertz CT molecular complexity index is 611. The van der Waals surface area contributed by atoms with Gasteiger partial charge in [-0.3, -0.25) is 4.79 Å². The average molecular weight is 284 g/mol. The summed E-state index contributed by atoms with van der Waals surface area (Å²) in [7, 11) is 1.66. The van der Waals surface area contributed by atoms with Gasteiger partial charge in [0.05, 0.1) is 13.0 Å². The molecule has 21 heavy (non-hydrogen) atoms. The van der Waals surface area contributed by atoms with E-state index in [4.69, 9.17) is 10.5 Å². The fourth-order valence-corrected chi connectivity index (χ4v) is 2.17. The second-order valence-electron chi connectivity index (χ2n) is 4.90. The summed E-state index contributed by atoms with van der Waals surface area (Å²) >= 11 is 0. The second-order valence-corrected chi connectivity index (χ2v) is 4.90. The van der Waals surface area contributed by atoms with Crippen molar-refractivity contribution in [1.29, 1.82) is 0 Å². The van der Waals surface area contributed by atoms with Crippen molar-refractivity contribution in [1.82, 2.24) is 5.32 Å². The highest BCUT2D eigenvalue weighted by atomic mass is 16.5. The molecule has 1 amide bonds. The van der Waals surface area contributed by atoms with E-state index in [9.17, 15) is 4.79 Å². The molecule has 0 spiro atoms. The third-order valence-corrected chi connectivity index (χ3v) is 3.21. The molecule has 2 rings (SSSR count). The van der Waals surface area contributed by atoms with Crippen molar-refractivity contribution in [3.8, 4) is 0 Å². The van der Waals surface area contributed by atoms with Crippen molar-refractivity contribution < 1.29 is 9.53 Å². The predicted octanol–water partition coefficient (Wildman–Crippen LogP) is 2.27. The van der Waals surface area contributed by atoms with Gasteiger partial charge in [0.1, 0.15) is 0 Å². The fraction of sp³-hybridized carbons (Fsp3) is 0.235. The summed E-state index contributed by atoms with van der Waals surface area (Å²) < 4.78 is 5.16. The standard InChI is InChI=1S/C17H20N2O2/c1-21-12-15-7-3-2-6-14(15)11-19-17(20)10-13-5-4-8-16(18)9-13/h2-9H,10-12,18H2,1H3,(H,19,20). The van der Waals surface area contributed by atoms with Gasteiger partial charge in [0.15, 0.2) is 0 Å². The number of ether oxygens (including phenoxy) is 1. The minimum absolute atomic E-state index is 0.0205. The third-order valence-electron chi connectivity index (χ3n) is 3.21. The van der Waals surface area contributed by atoms with Crippen molar-refractivity contribution >= 4 is 11.6 Å². The van der Waals surface area contributed by atoms with Gasteiger partial charge in [0.2, 0.25) is 5.91 Å². The lowest BCUT2D eigenvalue weighted by molar-refractivity contribution is -0.120. The van der Waals surface area contributed by atoms with E-state index in [1.807, 2.05) is 48.5 Å². The topological polar surface area (TPSA) is 64.3 Å². The van der Waals surface area contributed by atoms with Gasteiger partial charge in [-0.25, -0.2) is 0 Å². The smallest absolute Gasteiger partial charge is 0.224 e. The largest absolute Gasteiger partial charge is 0.399 e. The highest BCUT2D eigenvalue weighted by molar-refractivity contribution is 5.78. The zero-order chi connectivity index (χ0) is 15.1. The van der Waals surface area contributed by atoms with Crippen LogP contribution in [0.1, 0.15) is 16.7 Å². The summed E-state index contributed by atoms with van der Waals surface area (Å²) in [5.74, 6) is -0.0205. The molecule has 110 valence electrons. The molecule has 3 N–H and O–H groups in total. The SMILES string of the molecule is COCc1ccccc1CNC(=O)Cc1cccc(N)c1. The van der Waals surface area contributed by atoms with Gasteiger partial charge >= 0.3 is 0 Å². The van der Waals surface area contributed by atoms with Crippen molar-refractivity contribution in [3.05, 3.63) is 65.2 Å². The summed E-state index contributed by atoms with van der Waals surface area (Å²) in [4.78, 5) is 12.0. The van der Waals surface area contributed by atoms with Gasteiger partial charge in [-0.05, 0) is 28.8 Å². The van der Waals surface area contributed by atoms with Crippen LogP contribution in [-0.2, 0) is 29.1 Å². The lowest BCUT2D eigenvalue weighted by atomic mass is 10.1. The first-order valence-electron chi connectivity index (χ1n) is 6.86. The van der Waals surface area contributed by atoms with Crippen LogP contribution in [0.15, 0.2) is 48.5 Å². The number of amides is 1. The minimum Gasteiger partial charge on any atom is -0.399 e. The molecular formula is C17H20N2O2. The van der Waals surface area contributed by atoms with Crippen LogP contribution in [0.25, 0.3) is 0 Å². The Morgan fingerprint density at radius 2 is 1.90 bits per heavy atom. The van der Waals surface area contributed by atoms with E-state index >= 15 is 0 Å². The molecule has 4 heteroatoms. The lowest BCUT2D eigenvalue weighted by Gasteiger charge is -2.10. The number of nitrogen functional groups attached to an aromatic ring is 1. The summed E-state index contributed by atoms with van der Waals surface area (Å²) in [5.41, 5.74) is 9.45. The number of carbonyl (C=O) groups is 1. The van der Waals surface area contributed by atoms with Crippen molar-refractivity contribution in [2.45, 2.75) is 19.6 Å². The number of nitrogens with one attached hydrogen (secondary N) is 1. The van der Waals surface area contributed by atoms with Gasteiger partial charge < -0.3 is 15.8 Å². The Morgan fingerprint density at radius 1 is 1.14 bits per heavy atom. The van der Waals surface area contributed by atoms with Crippen molar-refractivity contribution in [3.63, 3.8) is 0 Å². The monoisotopic (exact) mass is 284 g/mol. The van der Waals surface area contributed by atoms with Gasteiger partial charge in [-0.2, -0.15) is 0 Å². The van der Waals surface area contributed by atoms with Crippen LogP contribution >= 0.6 is 0 Å². The Balaban J connectivity index is 1.92. The van der Waals surface area contributed by atoms with Crippen LogP contribution in [0.4, 0.5) is 5.69 Å². The first-order valence-corrected chi connectivity index (χ1v) is 6.86. The fourth-order valence-electron chi connectivity index (χ4n) is 2.17. The molecule has 0 aliphatic heterocycles. The number of rotatable bonds is 6. The molecule has 0 bridgehead atoms. The molecule has 0 radical (unpaired) electrons. The van der Waals surface area contributed by atoms with Crippen LogP contribution in [0.3, 0.4) is 0 Å². The molecule has 0 fully saturated rings. The normalized spacial score (nSPS) is 10.3. The Hall–Kier alpha value is -2.33. The van der Waals surface area contributed by atoms with E-state index in [-0.39, 0.29) is 5.91 Å². The van der Waals surface area contributed by atoms with E-state index in [1.165, 1.54) is 0 Å². The number of benzene rings is 2. The average Bonchev–Trinajstić information content (AvgIpc) is 2.47. The Kier molecular flexibility index (Phi) is 5.35. The molecule has 0 aliphatic rings. The minimum atomic E-state index is -0.0205. The predicted molar refractivity (Wildman–Crippen MR) is 83.6 cm³/mol. The highest BCUT2D eigenvalue weighted by Crippen LogP contribution is 2.10. The highest BCUT2D eigenvalue weighted by Gasteiger charge is 2.06. The van der Waals surface area contributed by atoms with Gasteiger partial charge in [-0.15, -0.1) is 0 Å². The van der Waals surface area contributed by atoms with Crippen LogP contribution in [0, 0.1) is 0 Å². The number of hydrogen-bond donors (Lipinski definition) is 2. The van der Waals surface area contributed by atoms with Crippen LogP contribution in [-0.4, -0.2) is 13.0 Å². The summed E-state index contributed by atoms with van der Waals surface area (Å²) in [6.07, 6.45) is 0.331. The van der Waals surface area contributed by atoms with E-state index in [2.05, 4.69) is 5.32 Å². The van der Waals surface area contributed by atoms with E-state index in [0.29, 0.717) is 25.3 Å². The van der Waals surface area contributed by atoms with E-state index < -0.39 is 0 Å². The Labute approximate surface area is 124 Å². The maximum absolute atomic E-state index is 12.0. The molecule has 0 unspecified atom stereocenters. The first-order chi connectivity index (χ1) is 10.2. The quantitative estimate of drug-likeness (QED) is 0.800. The van der Waals surface area contributed by atoms with E-state index in [0.717, 1.165) is 16.7 Å². The van der Waals surface area contributed by atoms with Crippen molar-refractivity contribution in [2.24, 2.45) is 0 Å². The number of nitrogens with two attached hydrogens (primary N) is 1. The number of anilines is 1. The Morgan fingerprint density at radius 3 is 2.62 bits per heavy atom. The van der Waals surface area contributed by atoms with Crippen LogP contribution in [0.2, 0.25) is 0 Å². The maximum Gasteiger partial charge on any atom is 0.224 e. The van der Waals surface area contributed by atoms with Gasteiger partial charge in [-0.1, -0.05) is 36.4 Å². The lowest BCUT2D eigenvalue weighted by Crippen LogP contribution is -2.25. The summed E-state index contributed by atoms with van der Waals surface area (Å²) in [6, 6.07) is 15.3. The molecule has 2 aromatic carbocycles. The molecule has 0 saturated carbocycles. The molecule has 0 heterocycles. The molecule has 0 aliphatic carbocycles. The van der Waals surface area contributed by atoms with E-state index in [1.54, 1.807) is 7.11 Å². The number of hydrogen-bond acceptors (Lipinski definition) is 3. The second kappa shape index (κ2) is 7.45. The molecule has 2 aromatic rings. The van der Waals surface area contributed by atoms with Crippen molar-refractivity contribution in [2.75, 3.05) is 12.8 Å². The molecule has 0 saturated heterocycles. The van der Waals surface area contributed by atoms with Crippen LogP contribution in [0.5, 0.6) is 0 Å². The maximum atomic E-state index is 12.0. The van der Waals surface area contributed by atoms with Gasteiger partial charge in [0.25, 0.3) is 0 Å². The molecule has 0 atom stereocenters. The first kappa shape index (κ1) is 15.1. The molecule has 0 aromatic heterocycles. The molecule has 4 nitrogen and oxygen atoms in total. The zero-order valence-electron chi connectivity index (χ0n) is 12.1.